The maximum atomic E-state index is 12.5. The molecule has 0 saturated carbocycles. The summed E-state index contributed by atoms with van der Waals surface area (Å²) in [6.07, 6.45) is 4.47. The Hall–Kier alpha value is -3.28. The van der Waals surface area contributed by atoms with E-state index < -0.39 is 5.91 Å². The zero-order valence-electron chi connectivity index (χ0n) is 13.4. The van der Waals surface area contributed by atoms with Gasteiger partial charge in [-0.05, 0) is 32.1 Å². The van der Waals surface area contributed by atoms with E-state index >= 15 is 0 Å². The van der Waals surface area contributed by atoms with Crippen molar-refractivity contribution in [3.8, 4) is 0 Å². The Kier molecular flexibility index (Phi) is 4.20. The molecule has 0 unspecified atom stereocenters. The summed E-state index contributed by atoms with van der Waals surface area (Å²) in [5, 5.41) is 14.3. The maximum absolute atomic E-state index is 12.5. The number of anilines is 1. The maximum Gasteiger partial charge on any atom is 0.261 e. The summed E-state index contributed by atoms with van der Waals surface area (Å²) >= 11 is 0. The lowest BCUT2D eigenvalue weighted by Crippen LogP contribution is -2.24. The molecule has 0 saturated heterocycles. The van der Waals surface area contributed by atoms with E-state index in [0.29, 0.717) is 11.5 Å². The second kappa shape index (κ2) is 6.45. The molecular formula is C18H17N5O. The monoisotopic (exact) mass is 319 g/mol. The van der Waals surface area contributed by atoms with E-state index in [9.17, 15) is 4.79 Å². The van der Waals surface area contributed by atoms with Crippen molar-refractivity contribution < 1.29 is 4.79 Å². The molecule has 0 aliphatic carbocycles. The number of pyridine rings is 1. The van der Waals surface area contributed by atoms with Gasteiger partial charge in [-0.15, -0.1) is 0 Å². The van der Waals surface area contributed by atoms with Crippen LogP contribution in [0.3, 0.4) is 0 Å². The summed E-state index contributed by atoms with van der Waals surface area (Å²) in [5.41, 5.74) is 3.24. The predicted molar refractivity (Wildman–Crippen MR) is 96.2 cm³/mol. The molecule has 1 aromatic carbocycles. The molecule has 6 nitrogen and oxygen atoms in total. The van der Waals surface area contributed by atoms with Crippen LogP contribution in [0, 0.1) is 5.41 Å². The fraction of sp³-hybridized carbons (Fsp3) is 0.111. The SMILES string of the molecule is CC1=CC(C)=N/C(=C(/C=N)C(=O)Nc2cnc3ccccc3c2)N1. The summed E-state index contributed by atoms with van der Waals surface area (Å²) in [7, 11) is 0. The van der Waals surface area contributed by atoms with E-state index in [1.165, 1.54) is 0 Å². The Bertz CT molecular complexity index is 924. The molecule has 0 spiro atoms. The van der Waals surface area contributed by atoms with E-state index in [1.807, 2.05) is 50.3 Å². The molecule has 6 heteroatoms. The molecule has 120 valence electrons. The summed E-state index contributed by atoms with van der Waals surface area (Å²) in [4.78, 5) is 21.1. The average molecular weight is 319 g/mol. The number of hydrogen-bond donors (Lipinski definition) is 3. The number of carbonyl (C=O) groups is 1. The van der Waals surface area contributed by atoms with Crippen LogP contribution in [0.1, 0.15) is 13.8 Å². The fourth-order valence-corrected chi connectivity index (χ4v) is 2.48. The zero-order chi connectivity index (χ0) is 17.1. The minimum atomic E-state index is -0.407. The smallest absolute Gasteiger partial charge is 0.261 e. The van der Waals surface area contributed by atoms with Gasteiger partial charge in [-0.2, -0.15) is 0 Å². The number of hydrogen-bond acceptors (Lipinski definition) is 5. The number of aromatic nitrogens is 1. The Morgan fingerprint density at radius 1 is 1.29 bits per heavy atom. The van der Waals surface area contributed by atoms with Gasteiger partial charge < -0.3 is 16.0 Å². The normalized spacial score (nSPS) is 15.9. The predicted octanol–water partition coefficient (Wildman–Crippen LogP) is 3.00. The molecule has 1 aliphatic heterocycles. The summed E-state index contributed by atoms with van der Waals surface area (Å²) < 4.78 is 0. The lowest BCUT2D eigenvalue weighted by molar-refractivity contribution is -0.112. The highest BCUT2D eigenvalue weighted by atomic mass is 16.1. The largest absolute Gasteiger partial charge is 0.343 e. The van der Waals surface area contributed by atoms with Crippen LogP contribution in [0.25, 0.3) is 10.9 Å². The number of allylic oxidation sites excluding steroid dienone is 2. The molecule has 0 fully saturated rings. The number of carbonyl (C=O) groups excluding carboxylic acids is 1. The van der Waals surface area contributed by atoms with Gasteiger partial charge in [0.2, 0.25) is 0 Å². The van der Waals surface area contributed by atoms with Gasteiger partial charge >= 0.3 is 0 Å². The van der Waals surface area contributed by atoms with E-state index in [1.54, 1.807) is 6.20 Å². The topological polar surface area (TPSA) is 90.2 Å². The highest BCUT2D eigenvalue weighted by molar-refractivity contribution is 6.18. The summed E-state index contributed by atoms with van der Waals surface area (Å²) in [6.45, 7) is 3.72. The first-order chi connectivity index (χ1) is 11.6. The third-order valence-electron chi connectivity index (χ3n) is 3.52. The zero-order valence-corrected chi connectivity index (χ0v) is 13.4. The van der Waals surface area contributed by atoms with Crippen molar-refractivity contribution in [2.75, 3.05) is 5.32 Å². The molecule has 1 aliphatic rings. The number of amides is 1. The van der Waals surface area contributed by atoms with Gasteiger partial charge in [0.25, 0.3) is 5.91 Å². The first-order valence-corrected chi connectivity index (χ1v) is 7.48. The van der Waals surface area contributed by atoms with E-state index in [0.717, 1.165) is 28.5 Å². The van der Waals surface area contributed by atoms with Crippen molar-refractivity contribution in [2.45, 2.75) is 13.8 Å². The van der Waals surface area contributed by atoms with Gasteiger partial charge in [-0.3, -0.25) is 9.78 Å². The second-order valence-corrected chi connectivity index (χ2v) is 5.48. The first kappa shape index (κ1) is 15.6. The first-order valence-electron chi connectivity index (χ1n) is 7.48. The Labute approximate surface area is 139 Å². The molecule has 0 radical (unpaired) electrons. The standard InChI is InChI=1S/C18H17N5O/c1-11-7-12(2)22-17(21-11)15(9-19)18(24)23-14-8-13-5-3-4-6-16(13)20-10-14/h3-10,19,21H,1-2H3,(H,23,24)/b17-15-,19-9?. The molecule has 24 heavy (non-hydrogen) atoms. The van der Waals surface area contributed by atoms with E-state index in [-0.39, 0.29) is 5.57 Å². The minimum Gasteiger partial charge on any atom is -0.343 e. The van der Waals surface area contributed by atoms with Gasteiger partial charge in [0.05, 0.1) is 23.0 Å². The Balaban J connectivity index is 1.89. The fourth-order valence-electron chi connectivity index (χ4n) is 2.48. The summed E-state index contributed by atoms with van der Waals surface area (Å²) in [6, 6.07) is 9.51. The van der Waals surface area contributed by atoms with Crippen molar-refractivity contribution in [1.29, 1.82) is 5.41 Å². The van der Waals surface area contributed by atoms with Gasteiger partial charge in [0, 0.05) is 23.0 Å². The summed E-state index contributed by atoms with van der Waals surface area (Å²) in [5.74, 6) is -0.0374. The van der Waals surface area contributed by atoms with Gasteiger partial charge in [0.15, 0.2) is 0 Å². The Morgan fingerprint density at radius 3 is 2.83 bits per heavy atom. The van der Waals surface area contributed by atoms with Gasteiger partial charge in [-0.1, -0.05) is 18.2 Å². The number of aliphatic imine (C=N–C) groups is 1. The van der Waals surface area contributed by atoms with Crippen LogP contribution in [0.15, 0.2) is 64.7 Å². The van der Waals surface area contributed by atoms with Crippen molar-refractivity contribution in [1.82, 2.24) is 10.3 Å². The molecule has 1 aromatic heterocycles. The highest BCUT2D eigenvalue weighted by Gasteiger charge is 2.16. The van der Waals surface area contributed by atoms with Crippen molar-refractivity contribution in [3.63, 3.8) is 0 Å². The third kappa shape index (κ3) is 3.22. The van der Waals surface area contributed by atoms with Crippen molar-refractivity contribution >= 4 is 34.4 Å². The molecule has 0 bridgehead atoms. The molecule has 0 atom stereocenters. The highest BCUT2D eigenvalue weighted by Crippen LogP contribution is 2.17. The van der Waals surface area contributed by atoms with Crippen LogP contribution in [0.4, 0.5) is 5.69 Å². The molecular weight excluding hydrogens is 302 g/mol. The van der Waals surface area contributed by atoms with Gasteiger partial charge in [-0.25, -0.2) is 4.99 Å². The molecule has 2 heterocycles. The quantitative estimate of drug-likeness (QED) is 0.600. The number of fused-ring (bicyclic) bond motifs is 1. The lowest BCUT2D eigenvalue weighted by atomic mass is 10.2. The minimum absolute atomic E-state index is 0.162. The number of nitrogens with one attached hydrogen (secondary N) is 3. The van der Waals surface area contributed by atoms with Crippen LogP contribution in [-0.2, 0) is 4.79 Å². The van der Waals surface area contributed by atoms with Gasteiger partial charge in [0.1, 0.15) is 5.82 Å². The molecule has 2 aromatic rings. The van der Waals surface area contributed by atoms with E-state index in [2.05, 4.69) is 20.6 Å². The lowest BCUT2D eigenvalue weighted by Gasteiger charge is -2.16. The average Bonchev–Trinajstić information content (AvgIpc) is 2.54. The molecule has 1 amide bonds. The number of benzene rings is 1. The van der Waals surface area contributed by atoms with Crippen LogP contribution in [-0.4, -0.2) is 22.8 Å². The number of rotatable bonds is 3. The van der Waals surface area contributed by atoms with Crippen LogP contribution < -0.4 is 10.6 Å². The van der Waals surface area contributed by atoms with Crippen LogP contribution >= 0.6 is 0 Å². The number of nitrogens with zero attached hydrogens (tertiary/aromatic N) is 2. The van der Waals surface area contributed by atoms with E-state index in [4.69, 9.17) is 5.41 Å². The number of para-hydroxylation sites is 1. The third-order valence-corrected chi connectivity index (χ3v) is 3.52. The van der Waals surface area contributed by atoms with Crippen LogP contribution in [0.2, 0.25) is 0 Å². The molecule has 3 rings (SSSR count). The Morgan fingerprint density at radius 2 is 2.08 bits per heavy atom. The second-order valence-electron chi connectivity index (χ2n) is 5.48. The molecule has 3 N–H and O–H groups in total. The van der Waals surface area contributed by atoms with Crippen molar-refractivity contribution in [2.24, 2.45) is 4.99 Å². The van der Waals surface area contributed by atoms with Crippen LogP contribution in [0.5, 0.6) is 0 Å². The van der Waals surface area contributed by atoms with Crippen molar-refractivity contribution in [3.05, 3.63) is 59.7 Å².